The molecule has 5 rings (SSSR count). The number of halogens is 3. The number of nitrogens with one attached hydrogen (secondary N) is 2. The van der Waals surface area contributed by atoms with Crippen LogP contribution in [0.1, 0.15) is 21.5 Å². The molecule has 1 saturated heterocycles. The van der Waals surface area contributed by atoms with Gasteiger partial charge in [-0.1, -0.05) is 36.4 Å². The van der Waals surface area contributed by atoms with E-state index in [-0.39, 0.29) is 16.5 Å². The summed E-state index contributed by atoms with van der Waals surface area (Å²) in [5.74, 6) is -0.351. The lowest BCUT2D eigenvalue weighted by Crippen LogP contribution is -2.45. The smallest absolute Gasteiger partial charge is 0.369 e. The summed E-state index contributed by atoms with van der Waals surface area (Å²) in [6, 6.07) is 27.0. The van der Waals surface area contributed by atoms with Crippen molar-refractivity contribution in [2.24, 2.45) is 0 Å². The molecule has 1 amide bonds. The number of piperazine rings is 1. The van der Waals surface area contributed by atoms with Gasteiger partial charge in [0.25, 0.3) is 15.9 Å². The molecule has 0 bridgehead atoms. The average Bonchev–Trinajstić information content (AvgIpc) is 2.98. The van der Waals surface area contributed by atoms with Gasteiger partial charge in [0, 0.05) is 55.3 Å². The Morgan fingerprint density at radius 3 is 2.07 bits per heavy atom. The van der Waals surface area contributed by atoms with Crippen molar-refractivity contribution in [3.63, 3.8) is 0 Å². The molecule has 0 atom stereocenters. The number of sulfonamides is 1. The summed E-state index contributed by atoms with van der Waals surface area (Å²) >= 11 is 0. The second kappa shape index (κ2) is 12.3. The summed E-state index contributed by atoms with van der Waals surface area (Å²) in [4.78, 5) is 17.4. The molecule has 0 spiro atoms. The summed E-state index contributed by atoms with van der Waals surface area (Å²) < 4.78 is 66.4. The minimum absolute atomic E-state index is 0.160. The van der Waals surface area contributed by atoms with Crippen molar-refractivity contribution < 1.29 is 26.4 Å². The van der Waals surface area contributed by atoms with Crippen LogP contribution in [0.15, 0.2) is 108 Å². The number of carbonyl (C=O) groups excluding carboxylic acids is 1. The molecule has 42 heavy (non-hydrogen) atoms. The average molecular weight is 595 g/mol. The van der Waals surface area contributed by atoms with Crippen LogP contribution in [-0.4, -0.2) is 45.4 Å². The Morgan fingerprint density at radius 1 is 0.762 bits per heavy atom. The Kier molecular flexibility index (Phi) is 8.51. The Bertz CT molecular complexity index is 1620. The maximum atomic E-state index is 13.0. The molecule has 0 unspecified atom stereocenters. The van der Waals surface area contributed by atoms with Crippen LogP contribution in [0.2, 0.25) is 0 Å². The van der Waals surface area contributed by atoms with Crippen LogP contribution in [-0.2, 0) is 22.7 Å². The molecule has 0 aliphatic carbocycles. The SMILES string of the molecule is O=C(Nc1ccc(S(=O)(=O)Nc2cccc(C(F)(F)F)c2)cc1)c1ccc(CN2CCN(c3ccccc3)CC2)cc1. The van der Waals surface area contributed by atoms with Gasteiger partial charge in [-0.05, 0) is 72.3 Å². The number of hydrogen-bond acceptors (Lipinski definition) is 5. The van der Waals surface area contributed by atoms with Gasteiger partial charge in [-0.3, -0.25) is 14.4 Å². The predicted octanol–water partition coefficient (Wildman–Crippen LogP) is 6.08. The fourth-order valence-electron chi connectivity index (χ4n) is 4.72. The second-order valence-electron chi connectivity index (χ2n) is 9.96. The van der Waals surface area contributed by atoms with Crippen molar-refractivity contribution in [3.05, 3.63) is 120 Å². The van der Waals surface area contributed by atoms with Crippen LogP contribution >= 0.6 is 0 Å². The van der Waals surface area contributed by atoms with Crippen molar-refractivity contribution in [2.75, 3.05) is 41.1 Å². The van der Waals surface area contributed by atoms with Gasteiger partial charge in [0.2, 0.25) is 0 Å². The maximum Gasteiger partial charge on any atom is 0.416 e. The minimum atomic E-state index is -4.60. The number of benzene rings is 4. The van der Waals surface area contributed by atoms with Crippen LogP contribution in [0.25, 0.3) is 0 Å². The van der Waals surface area contributed by atoms with Gasteiger partial charge in [0.05, 0.1) is 10.5 Å². The number of anilines is 3. The van der Waals surface area contributed by atoms with Gasteiger partial charge < -0.3 is 10.2 Å². The number of alkyl halides is 3. The molecule has 1 heterocycles. The molecule has 11 heteroatoms. The lowest BCUT2D eigenvalue weighted by molar-refractivity contribution is -0.137. The molecular weight excluding hydrogens is 565 g/mol. The molecule has 218 valence electrons. The zero-order valence-electron chi connectivity index (χ0n) is 22.5. The molecule has 2 N–H and O–H groups in total. The van der Waals surface area contributed by atoms with E-state index in [2.05, 4.69) is 32.0 Å². The van der Waals surface area contributed by atoms with Crippen LogP contribution in [0.4, 0.5) is 30.2 Å². The van der Waals surface area contributed by atoms with Crippen molar-refractivity contribution in [1.82, 2.24) is 4.90 Å². The van der Waals surface area contributed by atoms with Crippen molar-refractivity contribution >= 4 is 33.0 Å². The zero-order chi connectivity index (χ0) is 29.7. The molecule has 0 saturated carbocycles. The summed E-state index contributed by atoms with van der Waals surface area (Å²) in [6.45, 7) is 4.57. The molecule has 4 aromatic carbocycles. The first kappa shape index (κ1) is 29.2. The third-order valence-corrected chi connectivity index (χ3v) is 8.38. The number of para-hydroxylation sites is 1. The monoisotopic (exact) mass is 594 g/mol. The van der Waals surface area contributed by atoms with Crippen LogP contribution in [0.5, 0.6) is 0 Å². The quantitative estimate of drug-likeness (QED) is 0.259. The highest BCUT2D eigenvalue weighted by Crippen LogP contribution is 2.31. The van der Waals surface area contributed by atoms with Gasteiger partial charge in [-0.2, -0.15) is 13.2 Å². The van der Waals surface area contributed by atoms with Gasteiger partial charge in [-0.25, -0.2) is 8.42 Å². The number of rotatable bonds is 8. The highest BCUT2D eigenvalue weighted by molar-refractivity contribution is 7.92. The standard InChI is InChI=1S/C31H29F3N4O3S/c32-31(33,34)25-5-4-6-27(21-25)36-42(40,41)29-15-13-26(14-16-29)35-30(39)24-11-9-23(10-12-24)22-37-17-19-38(20-18-37)28-7-2-1-3-8-28/h1-16,21,36H,17-20,22H2,(H,35,39). The topological polar surface area (TPSA) is 81.7 Å². The van der Waals surface area contributed by atoms with E-state index in [1.54, 1.807) is 12.1 Å². The van der Waals surface area contributed by atoms with E-state index in [0.29, 0.717) is 11.3 Å². The van der Waals surface area contributed by atoms with Crippen LogP contribution in [0.3, 0.4) is 0 Å². The van der Waals surface area contributed by atoms with E-state index < -0.39 is 21.8 Å². The van der Waals surface area contributed by atoms with Crippen LogP contribution < -0.4 is 14.9 Å². The van der Waals surface area contributed by atoms with Gasteiger partial charge in [0.15, 0.2) is 0 Å². The van der Waals surface area contributed by atoms with E-state index in [1.165, 1.54) is 36.0 Å². The fraction of sp³-hybridized carbons (Fsp3) is 0.194. The van der Waals surface area contributed by atoms with E-state index in [1.807, 2.05) is 30.3 Å². The van der Waals surface area contributed by atoms with E-state index >= 15 is 0 Å². The first-order valence-electron chi connectivity index (χ1n) is 13.3. The highest BCUT2D eigenvalue weighted by Gasteiger charge is 2.30. The Balaban J connectivity index is 1.14. The Labute approximate surface area is 242 Å². The van der Waals surface area contributed by atoms with Gasteiger partial charge in [-0.15, -0.1) is 0 Å². The van der Waals surface area contributed by atoms with Crippen molar-refractivity contribution in [1.29, 1.82) is 0 Å². The molecule has 1 aliphatic rings. The number of nitrogens with zero attached hydrogens (tertiary/aromatic N) is 2. The zero-order valence-corrected chi connectivity index (χ0v) is 23.3. The number of carbonyl (C=O) groups is 1. The van der Waals surface area contributed by atoms with E-state index in [4.69, 9.17) is 0 Å². The Hall–Kier alpha value is -4.35. The maximum absolute atomic E-state index is 13.0. The van der Waals surface area contributed by atoms with Crippen molar-refractivity contribution in [2.45, 2.75) is 17.6 Å². The lowest BCUT2D eigenvalue weighted by atomic mass is 10.1. The molecule has 1 fully saturated rings. The third kappa shape index (κ3) is 7.29. The first-order chi connectivity index (χ1) is 20.1. The largest absolute Gasteiger partial charge is 0.416 e. The van der Waals surface area contributed by atoms with Crippen LogP contribution in [0, 0.1) is 0 Å². The Morgan fingerprint density at radius 2 is 1.43 bits per heavy atom. The highest BCUT2D eigenvalue weighted by atomic mass is 32.2. The number of amides is 1. The fourth-order valence-corrected chi connectivity index (χ4v) is 5.77. The molecule has 0 aromatic heterocycles. The summed E-state index contributed by atoms with van der Waals surface area (Å²) in [5, 5.41) is 2.74. The predicted molar refractivity (Wildman–Crippen MR) is 157 cm³/mol. The van der Waals surface area contributed by atoms with Gasteiger partial charge >= 0.3 is 6.18 Å². The third-order valence-electron chi connectivity index (χ3n) is 6.98. The summed E-state index contributed by atoms with van der Waals surface area (Å²) in [5.41, 5.74) is 1.99. The summed E-state index contributed by atoms with van der Waals surface area (Å²) in [6.07, 6.45) is -4.60. The summed E-state index contributed by atoms with van der Waals surface area (Å²) in [7, 11) is -4.14. The molecule has 7 nitrogen and oxygen atoms in total. The normalized spacial score (nSPS) is 14.4. The van der Waals surface area contributed by atoms with Crippen molar-refractivity contribution in [3.8, 4) is 0 Å². The molecule has 0 radical (unpaired) electrons. The minimum Gasteiger partial charge on any atom is -0.369 e. The van der Waals surface area contributed by atoms with E-state index in [9.17, 15) is 26.4 Å². The van der Waals surface area contributed by atoms with Gasteiger partial charge in [0.1, 0.15) is 0 Å². The molecular formula is C31H29F3N4O3S. The lowest BCUT2D eigenvalue weighted by Gasteiger charge is -2.36. The second-order valence-corrected chi connectivity index (χ2v) is 11.6. The number of hydrogen-bond donors (Lipinski definition) is 2. The van der Waals surface area contributed by atoms with E-state index in [0.717, 1.165) is 56.5 Å². The molecule has 4 aromatic rings. The first-order valence-corrected chi connectivity index (χ1v) is 14.8. The molecule has 1 aliphatic heterocycles.